The van der Waals surface area contributed by atoms with Gasteiger partial charge < -0.3 is 10.2 Å². The number of rotatable bonds is 13. The van der Waals surface area contributed by atoms with Gasteiger partial charge in [0.05, 0.1) is 11.9 Å². The van der Waals surface area contributed by atoms with Crippen molar-refractivity contribution in [3.05, 3.63) is 101 Å². The van der Waals surface area contributed by atoms with Gasteiger partial charge in [-0.15, -0.1) is 0 Å². The van der Waals surface area contributed by atoms with Crippen molar-refractivity contribution in [1.82, 2.24) is 10.2 Å². The maximum Gasteiger partial charge on any atom is 0.244 e. The van der Waals surface area contributed by atoms with Crippen LogP contribution in [-0.2, 0) is 32.6 Å². The molecule has 3 rings (SSSR count). The van der Waals surface area contributed by atoms with Crippen molar-refractivity contribution in [1.29, 1.82) is 0 Å². The molecule has 9 heteroatoms. The lowest BCUT2D eigenvalue weighted by Crippen LogP contribution is -2.54. The van der Waals surface area contributed by atoms with Gasteiger partial charge in [-0.2, -0.15) is 0 Å². The van der Waals surface area contributed by atoms with Crippen molar-refractivity contribution < 1.29 is 22.4 Å². The maximum atomic E-state index is 14.1. The second-order valence-electron chi connectivity index (χ2n) is 10.7. The summed E-state index contributed by atoms with van der Waals surface area (Å²) in [6, 6.07) is 21.0. The van der Waals surface area contributed by atoms with Crippen molar-refractivity contribution in [2.45, 2.75) is 65.1 Å². The molecule has 3 aromatic rings. The van der Waals surface area contributed by atoms with Gasteiger partial charge in [-0.25, -0.2) is 12.8 Å². The van der Waals surface area contributed by atoms with E-state index in [1.807, 2.05) is 70.2 Å². The van der Waals surface area contributed by atoms with E-state index in [9.17, 15) is 22.4 Å². The molecule has 0 unspecified atom stereocenters. The summed E-state index contributed by atoms with van der Waals surface area (Å²) in [5.41, 5.74) is 2.85. The second-order valence-corrected chi connectivity index (χ2v) is 12.6. The van der Waals surface area contributed by atoms with Gasteiger partial charge in [-0.05, 0) is 60.2 Å². The van der Waals surface area contributed by atoms with Crippen molar-refractivity contribution in [3.63, 3.8) is 0 Å². The Morgan fingerprint density at radius 1 is 0.878 bits per heavy atom. The van der Waals surface area contributed by atoms with Gasteiger partial charge >= 0.3 is 0 Å². The van der Waals surface area contributed by atoms with Gasteiger partial charge in [0.1, 0.15) is 18.4 Å². The molecule has 0 fully saturated rings. The van der Waals surface area contributed by atoms with Crippen molar-refractivity contribution in [2.75, 3.05) is 17.1 Å². The molecule has 2 atom stereocenters. The van der Waals surface area contributed by atoms with E-state index >= 15 is 0 Å². The minimum Gasteiger partial charge on any atom is -0.352 e. The average Bonchev–Trinajstić information content (AvgIpc) is 2.94. The fourth-order valence-corrected chi connectivity index (χ4v) is 5.27. The fourth-order valence-electron chi connectivity index (χ4n) is 4.42. The molecule has 0 aromatic heterocycles. The van der Waals surface area contributed by atoms with E-state index < -0.39 is 34.3 Å². The van der Waals surface area contributed by atoms with Gasteiger partial charge in [0.25, 0.3) is 0 Å². The molecule has 0 bridgehead atoms. The Morgan fingerprint density at radius 3 is 2.02 bits per heavy atom. The first-order valence-corrected chi connectivity index (χ1v) is 15.7. The number of nitrogens with zero attached hydrogens (tertiary/aromatic N) is 2. The number of sulfonamides is 1. The van der Waals surface area contributed by atoms with Crippen molar-refractivity contribution >= 4 is 27.5 Å². The van der Waals surface area contributed by atoms with Gasteiger partial charge in [0.15, 0.2) is 0 Å². The van der Waals surface area contributed by atoms with E-state index in [2.05, 4.69) is 5.32 Å². The number of anilines is 1. The third-order valence-electron chi connectivity index (χ3n) is 7.07. The lowest BCUT2D eigenvalue weighted by atomic mass is 10.0. The summed E-state index contributed by atoms with van der Waals surface area (Å²) in [5, 5.41) is 2.99. The Bertz CT molecular complexity index is 1400. The van der Waals surface area contributed by atoms with Crippen molar-refractivity contribution in [3.8, 4) is 0 Å². The quantitative estimate of drug-likeness (QED) is 0.298. The molecule has 3 aromatic carbocycles. The Kier molecular flexibility index (Phi) is 11.1. The predicted molar refractivity (Wildman–Crippen MR) is 162 cm³/mol. The number of benzene rings is 3. The molecule has 0 heterocycles. The molecule has 0 aliphatic heterocycles. The number of amides is 2. The van der Waals surface area contributed by atoms with E-state index in [1.165, 1.54) is 17.0 Å². The Hall–Kier alpha value is -3.72. The zero-order chi connectivity index (χ0) is 30.2. The van der Waals surface area contributed by atoms with E-state index in [4.69, 9.17) is 0 Å². The summed E-state index contributed by atoms with van der Waals surface area (Å²) in [7, 11) is -3.85. The third kappa shape index (κ3) is 9.14. The van der Waals surface area contributed by atoms with E-state index in [0.29, 0.717) is 17.7 Å². The fraction of sp³-hybridized carbons (Fsp3) is 0.375. The first-order chi connectivity index (χ1) is 19.4. The lowest BCUT2D eigenvalue weighted by Gasteiger charge is -2.34. The Morgan fingerprint density at radius 2 is 1.49 bits per heavy atom. The highest BCUT2D eigenvalue weighted by Crippen LogP contribution is 2.23. The number of carbonyl (C=O) groups is 2. The minimum absolute atomic E-state index is 0.00553. The summed E-state index contributed by atoms with van der Waals surface area (Å²) in [5.74, 6) is -1.06. The summed E-state index contributed by atoms with van der Waals surface area (Å²) in [6.45, 7) is 7.41. The van der Waals surface area contributed by atoms with Gasteiger partial charge in [0, 0.05) is 19.0 Å². The second kappa shape index (κ2) is 14.3. The van der Waals surface area contributed by atoms with Crippen LogP contribution in [0.15, 0.2) is 78.9 Å². The summed E-state index contributed by atoms with van der Waals surface area (Å²) in [4.78, 5) is 29.1. The monoisotopic (exact) mass is 581 g/mol. The third-order valence-corrected chi connectivity index (χ3v) is 8.21. The van der Waals surface area contributed by atoms with Crippen LogP contribution in [0.25, 0.3) is 0 Å². The molecule has 0 spiro atoms. The summed E-state index contributed by atoms with van der Waals surface area (Å²) >= 11 is 0. The van der Waals surface area contributed by atoms with Crippen LogP contribution >= 0.6 is 0 Å². The van der Waals surface area contributed by atoms with Crippen LogP contribution in [0.3, 0.4) is 0 Å². The van der Waals surface area contributed by atoms with Crippen molar-refractivity contribution in [2.24, 2.45) is 0 Å². The highest BCUT2D eigenvalue weighted by atomic mass is 32.2. The standard InChI is InChI=1S/C32H40FN3O4S/c1-6-24(4)34-32(38)30(20-25-10-8-7-9-11-25)35(21-26-12-16-28(33)17-13-26)31(37)22-36(41(5,39)40)29-18-14-27(15-19-29)23(2)3/h7-19,23-24,30H,6,20-22H2,1-5H3,(H,34,38)/t24-,30-/m1/s1. The number of carbonyl (C=O) groups excluding carboxylic acids is 2. The first kappa shape index (κ1) is 31.8. The number of hydrogen-bond acceptors (Lipinski definition) is 4. The smallest absolute Gasteiger partial charge is 0.244 e. The zero-order valence-corrected chi connectivity index (χ0v) is 25.2. The molecule has 0 radical (unpaired) electrons. The van der Waals surface area contributed by atoms with E-state index in [-0.39, 0.29) is 30.8 Å². The predicted octanol–water partition coefficient (Wildman–Crippen LogP) is 5.27. The molecule has 0 saturated heterocycles. The zero-order valence-electron chi connectivity index (χ0n) is 24.4. The SMILES string of the molecule is CC[C@@H](C)NC(=O)[C@@H](Cc1ccccc1)N(Cc1ccc(F)cc1)C(=O)CN(c1ccc(C(C)C)cc1)S(C)(=O)=O. The Balaban J connectivity index is 2.04. The first-order valence-electron chi connectivity index (χ1n) is 13.8. The summed E-state index contributed by atoms with van der Waals surface area (Å²) in [6.07, 6.45) is 1.97. The van der Waals surface area contributed by atoms with Crippen LogP contribution in [0, 0.1) is 5.82 Å². The van der Waals surface area contributed by atoms with Crippen LogP contribution < -0.4 is 9.62 Å². The van der Waals surface area contributed by atoms with Crippen LogP contribution in [0.4, 0.5) is 10.1 Å². The van der Waals surface area contributed by atoms with E-state index in [0.717, 1.165) is 21.7 Å². The molecule has 2 amide bonds. The molecule has 0 aliphatic carbocycles. The van der Waals surface area contributed by atoms with Crippen LogP contribution in [0.2, 0.25) is 0 Å². The molecular formula is C32H40FN3O4S. The van der Waals surface area contributed by atoms with Crippen LogP contribution in [0.1, 0.15) is 56.7 Å². The number of nitrogens with one attached hydrogen (secondary N) is 1. The molecular weight excluding hydrogens is 541 g/mol. The molecule has 7 nitrogen and oxygen atoms in total. The lowest BCUT2D eigenvalue weighted by molar-refractivity contribution is -0.140. The van der Waals surface area contributed by atoms with Crippen LogP contribution in [0.5, 0.6) is 0 Å². The van der Waals surface area contributed by atoms with Crippen LogP contribution in [-0.4, -0.2) is 50.0 Å². The number of hydrogen-bond donors (Lipinski definition) is 1. The van der Waals surface area contributed by atoms with Gasteiger partial charge in [0.2, 0.25) is 21.8 Å². The normalized spacial score (nSPS) is 13.0. The molecule has 0 aliphatic rings. The van der Waals surface area contributed by atoms with Gasteiger partial charge in [-0.3, -0.25) is 13.9 Å². The highest BCUT2D eigenvalue weighted by Gasteiger charge is 2.33. The molecule has 1 N–H and O–H groups in total. The van der Waals surface area contributed by atoms with Gasteiger partial charge in [-0.1, -0.05) is 75.4 Å². The van der Waals surface area contributed by atoms with E-state index in [1.54, 1.807) is 24.3 Å². The average molecular weight is 582 g/mol. The Labute approximate surface area is 243 Å². The highest BCUT2D eigenvalue weighted by molar-refractivity contribution is 7.92. The minimum atomic E-state index is -3.85. The molecule has 41 heavy (non-hydrogen) atoms. The number of halogens is 1. The topological polar surface area (TPSA) is 86.8 Å². The molecule has 220 valence electrons. The molecule has 0 saturated carbocycles. The summed E-state index contributed by atoms with van der Waals surface area (Å²) < 4.78 is 40.6. The largest absolute Gasteiger partial charge is 0.352 e. The maximum absolute atomic E-state index is 14.1.